The fourth-order valence-electron chi connectivity index (χ4n) is 3.48. The standard InChI is InChI=1S/C15H19NO2/c16-15(9-12-6-7-13(15)8-12)14(17)18-10-11-4-2-1-3-5-11/h1-5,12-13H,6-10,16H2/t12-,13+,15+/m0/s1. The van der Waals surface area contributed by atoms with E-state index in [0.29, 0.717) is 18.4 Å². The number of rotatable bonds is 3. The van der Waals surface area contributed by atoms with Crippen molar-refractivity contribution in [2.45, 2.75) is 37.8 Å². The molecule has 0 amide bonds. The Bertz CT molecular complexity index is 445. The third kappa shape index (κ3) is 1.93. The molecule has 2 saturated carbocycles. The van der Waals surface area contributed by atoms with Crippen molar-refractivity contribution in [1.82, 2.24) is 0 Å². The van der Waals surface area contributed by atoms with Crippen LogP contribution in [0.25, 0.3) is 0 Å². The van der Waals surface area contributed by atoms with Gasteiger partial charge in [0.1, 0.15) is 12.1 Å². The van der Waals surface area contributed by atoms with Gasteiger partial charge in [-0.25, -0.2) is 0 Å². The van der Waals surface area contributed by atoms with Gasteiger partial charge in [0, 0.05) is 0 Å². The molecule has 0 aromatic heterocycles. The summed E-state index contributed by atoms with van der Waals surface area (Å²) in [6.07, 6.45) is 4.24. The quantitative estimate of drug-likeness (QED) is 0.831. The fourth-order valence-corrected chi connectivity index (χ4v) is 3.48. The maximum atomic E-state index is 12.2. The van der Waals surface area contributed by atoms with Crippen LogP contribution in [0.15, 0.2) is 30.3 Å². The Balaban J connectivity index is 1.62. The van der Waals surface area contributed by atoms with Gasteiger partial charge in [-0.2, -0.15) is 0 Å². The van der Waals surface area contributed by atoms with Crippen LogP contribution >= 0.6 is 0 Å². The lowest BCUT2D eigenvalue weighted by Crippen LogP contribution is -2.53. The number of carbonyl (C=O) groups is 1. The van der Waals surface area contributed by atoms with Crippen molar-refractivity contribution in [1.29, 1.82) is 0 Å². The van der Waals surface area contributed by atoms with E-state index >= 15 is 0 Å². The number of esters is 1. The molecule has 0 spiro atoms. The number of ether oxygens (including phenoxy) is 1. The van der Waals surface area contributed by atoms with Gasteiger partial charge in [-0.15, -0.1) is 0 Å². The predicted molar refractivity (Wildman–Crippen MR) is 68.6 cm³/mol. The van der Waals surface area contributed by atoms with Crippen LogP contribution in [0.5, 0.6) is 0 Å². The highest BCUT2D eigenvalue weighted by Gasteiger charge is 2.54. The van der Waals surface area contributed by atoms with E-state index < -0.39 is 5.54 Å². The third-order valence-corrected chi connectivity index (χ3v) is 4.49. The van der Waals surface area contributed by atoms with E-state index in [1.54, 1.807) is 0 Å². The minimum Gasteiger partial charge on any atom is -0.459 e. The molecule has 96 valence electrons. The normalized spacial score (nSPS) is 33.6. The van der Waals surface area contributed by atoms with Crippen LogP contribution in [0.4, 0.5) is 0 Å². The van der Waals surface area contributed by atoms with Gasteiger partial charge < -0.3 is 10.5 Å². The lowest BCUT2D eigenvalue weighted by molar-refractivity contribution is -0.153. The molecule has 3 nitrogen and oxygen atoms in total. The highest BCUT2D eigenvalue weighted by Crippen LogP contribution is 2.49. The largest absolute Gasteiger partial charge is 0.459 e. The Morgan fingerprint density at radius 2 is 2.11 bits per heavy atom. The lowest BCUT2D eigenvalue weighted by atomic mass is 9.82. The van der Waals surface area contributed by atoms with Crippen LogP contribution in [0.1, 0.15) is 31.2 Å². The Morgan fingerprint density at radius 1 is 1.33 bits per heavy atom. The Hall–Kier alpha value is -1.35. The maximum Gasteiger partial charge on any atom is 0.326 e. The van der Waals surface area contributed by atoms with Gasteiger partial charge >= 0.3 is 5.97 Å². The molecule has 3 heteroatoms. The number of fused-ring (bicyclic) bond motifs is 2. The summed E-state index contributed by atoms with van der Waals surface area (Å²) in [5.74, 6) is 0.772. The monoisotopic (exact) mass is 245 g/mol. The van der Waals surface area contributed by atoms with Gasteiger partial charge in [0.15, 0.2) is 0 Å². The summed E-state index contributed by atoms with van der Waals surface area (Å²) < 4.78 is 5.40. The summed E-state index contributed by atoms with van der Waals surface area (Å²) in [5.41, 5.74) is 6.58. The zero-order chi connectivity index (χ0) is 12.6. The molecular formula is C15H19NO2. The van der Waals surface area contributed by atoms with E-state index in [-0.39, 0.29) is 5.97 Å². The molecular weight excluding hydrogens is 226 g/mol. The molecule has 2 fully saturated rings. The van der Waals surface area contributed by atoms with E-state index in [4.69, 9.17) is 10.5 Å². The Kier molecular flexibility index (Phi) is 2.86. The molecule has 2 bridgehead atoms. The highest BCUT2D eigenvalue weighted by molar-refractivity contribution is 5.81. The minimum absolute atomic E-state index is 0.210. The first kappa shape index (κ1) is 11.7. The van der Waals surface area contributed by atoms with Crippen molar-refractivity contribution in [2.24, 2.45) is 17.6 Å². The number of benzene rings is 1. The average molecular weight is 245 g/mol. The summed E-state index contributed by atoms with van der Waals surface area (Å²) in [4.78, 5) is 12.2. The van der Waals surface area contributed by atoms with E-state index in [0.717, 1.165) is 24.8 Å². The minimum atomic E-state index is -0.711. The van der Waals surface area contributed by atoms with Crippen LogP contribution in [0.2, 0.25) is 0 Å². The zero-order valence-corrected chi connectivity index (χ0v) is 10.5. The summed E-state index contributed by atoms with van der Waals surface area (Å²) in [6.45, 7) is 0.329. The van der Waals surface area contributed by atoms with Crippen molar-refractivity contribution in [3.05, 3.63) is 35.9 Å². The molecule has 2 N–H and O–H groups in total. The second-order valence-corrected chi connectivity index (χ2v) is 5.68. The van der Waals surface area contributed by atoms with Gasteiger partial charge in [-0.1, -0.05) is 36.8 Å². The molecule has 0 aliphatic heterocycles. The average Bonchev–Trinajstić information content (AvgIpc) is 2.97. The third-order valence-electron chi connectivity index (χ3n) is 4.49. The van der Waals surface area contributed by atoms with Crippen molar-refractivity contribution >= 4 is 5.97 Å². The molecule has 0 unspecified atom stereocenters. The molecule has 2 aliphatic carbocycles. The van der Waals surface area contributed by atoms with E-state index in [9.17, 15) is 4.79 Å². The first-order valence-electron chi connectivity index (χ1n) is 6.68. The highest BCUT2D eigenvalue weighted by atomic mass is 16.5. The number of carbonyl (C=O) groups excluding carboxylic acids is 1. The topological polar surface area (TPSA) is 52.3 Å². The van der Waals surface area contributed by atoms with Crippen LogP contribution < -0.4 is 5.73 Å². The molecule has 1 aromatic rings. The molecule has 0 heterocycles. The van der Waals surface area contributed by atoms with Crippen molar-refractivity contribution in [2.75, 3.05) is 0 Å². The summed E-state index contributed by atoms with van der Waals surface area (Å²) in [7, 11) is 0. The SMILES string of the molecule is N[C@]1(C(=O)OCc2ccccc2)C[C@H]2CC[C@@H]1C2. The molecule has 1 aromatic carbocycles. The van der Waals surface area contributed by atoms with Crippen LogP contribution in [0.3, 0.4) is 0 Å². The Morgan fingerprint density at radius 3 is 2.72 bits per heavy atom. The first-order valence-corrected chi connectivity index (χ1v) is 6.68. The lowest BCUT2D eigenvalue weighted by Gasteiger charge is -2.31. The Labute approximate surface area is 107 Å². The number of nitrogens with two attached hydrogens (primary N) is 1. The van der Waals surface area contributed by atoms with Gasteiger partial charge in [-0.3, -0.25) is 4.79 Å². The van der Waals surface area contributed by atoms with Crippen LogP contribution in [-0.2, 0) is 16.1 Å². The molecule has 0 radical (unpaired) electrons. The number of hydrogen-bond donors (Lipinski definition) is 1. The molecule has 0 saturated heterocycles. The second kappa shape index (κ2) is 4.39. The summed E-state index contributed by atoms with van der Waals surface area (Å²) in [6, 6.07) is 9.75. The summed E-state index contributed by atoms with van der Waals surface area (Å²) >= 11 is 0. The number of hydrogen-bond acceptors (Lipinski definition) is 3. The van der Waals surface area contributed by atoms with E-state index in [2.05, 4.69) is 0 Å². The van der Waals surface area contributed by atoms with Gasteiger partial charge in [0.2, 0.25) is 0 Å². The molecule has 2 aliphatic rings. The van der Waals surface area contributed by atoms with Crippen molar-refractivity contribution in [3.8, 4) is 0 Å². The summed E-state index contributed by atoms with van der Waals surface area (Å²) in [5, 5.41) is 0. The smallest absolute Gasteiger partial charge is 0.326 e. The second-order valence-electron chi connectivity index (χ2n) is 5.68. The molecule has 18 heavy (non-hydrogen) atoms. The maximum absolute atomic E-state index is 12.2. The fraction of sp³-hybridized carbons (Fsp3) is 0.533. The zero-order valence-electron chi connectivity index (χ0n) is 10.5. The van der Waals surface area contributed by atoms with Gasteiger partial charge in [-0.05, 0) is 36.7 Å². The van der Waals surface area contributed by atoms with Crippen molar-refractivity contribution < 1.29 is 9.53 Å². The predicted octanol–water partition coefficient (Wildman–Crippen LogP) is 2.25. The first-order chi connectivity index (χ1) is 8.68. The van der Waals surface area contributed by atoms with Gasteiger partial charge in [0.05, 0.1) is 0 Å². The van der Waals surface area contributed by atoms with Crippen LogP contribution in [-0.4, -0.2) is 11.5 Å². The van der Waals surface area contributed by atoms with Gasteiger partial charge in [0.25, 0.3) is 0 Å². The van der Waals surface area contributed by atoms with Crippen LogP contribution in [0, 0.1) is 11.8 Å². The van der Waals surface area contributed by atoms with E-state index in [1.807, 2.05) is 30.3 Å². The molecule has 3 rings (SSSR count). The van der Waals surface area contributed by atoms with Crippen molar-refractivity contribution in [3.63, 3.8) is 0 Å². The van der Waals surface area contributed by atoms with E-state index in [1.165, 1.54) is 6.42 Å². The molecule has 3 atom stereocenters.